The summed E-state index contributed by atoms with van der Waals surface area (Å²) in [5, 5.41) is 5.17. The van der Waals surface area contributed by atoms with Crippen molar-refractivity contribution in [3.63, 3.8) is 0 Å². The lowest BCUT2D eigenvalue weighted by Crippen LogP contribution is -2.62. The van der Waals surface area contributed by atoms with Gasteiger partial charge in [-0.3, -0.25) is 0 Å². The van der Waals surface area contributed by atoms with Crippen LogP contribution in [0.2, 0.25) is 0 Å². The highest BCUT2D eigenvalue weighted by molar-refractivity contribution is 7.26. The lowest BCUT2D eigenvalue weighted by atomic mass is 9.42. The summed E-state index contributed by atoms with van der Waals surface area (Å²) in [5.74, 6) is 0. The van der Waals surface area contributed by atoms with Crippen LogP contribution >= 0.6 is 11.3 Å². The van der Waals surface area contributed by atoms with E-state index in [-0.39, 0.29) is 33.9 Å². The molecule has 0 radical (unpaired) electrons. The number of para-hydroxylation sites is 1. The summed E-state index contributed by atoms with van der Waals surface area (Å²) in [6.07, 6.45) is 2.34. The van der Waals surface area contributed by atoms with Crippen LogP contribution in [0.4, 0.5) is 45.5 Å². The Labute approximate surface area is 454 Å². The molecule has 0 saturated carbocycles. The molecule has 0 fully saturated rings. The van der Waals surface area contributed by atoms with Crippen LogP contribution in [0.15, 0.2) is 170 Å². The first-order valence-electron chi connectivity index (χ1n) is 27.7. The first-order valence-corrected chi connectivity index (χ1v) is 28.6. The van der Waals surface area contributed by atoms with Crippen molar-refractivity contribution in [1.82, 2.24) is 0 Å². The van der Waals surface area contributed by atoms with Gasteiger partial charge in [0.2, 0.25) is 0 Å². The minimum atomic E-state index is -0.261. The number of anilines is 8. The number of fused-ring (bicyclic) bond motifs is 12. The van der Waals surface area contributed by atoms with Crippen LogP contribution in [0.5, 0.6) is 0 Å². The molecule has 1 aromatic heterocycles. The van der Waals surface area contributed by atoms with E-state index < -0.39 is 0 Å². The maximum Gasteiger partial charge on any atom is 0.333 e. The minimum absolute atomic E-state index is 0.0336. The molecule has 4 heterocycles. The van der Waals surface area contributed by atoms with Crippen molar-refractivity contribution in [1.29, 1.82) is 0 Å². The van der Waals surface area contributed by atoms with Crippen molar-refractivity contribution < 1.29 is 0 Å². The van der Waals surface area contributed by atoms with Gasteiger partial charge in [0, 0.05) is 60.6 Å². The van der Waals surface area contributed by atoms with Crippen LogP contribution in [-0.2, 0) is 27.1 Å². The van der Waals surface area contributed by atoms with Crippen LogP contribution in [0.3, 0.4) is 0 Å². The van der Waals surface area contributed by atoms with Crippen molar-refractivity contribution in [2.75, 3.05) is 14.6 Å². The molecule has 0 atom stereocenters. The SMILES string of the molecule is CC(C)(C)c1ccc(N(c2ccc(C(C)(C)C)cc2)c2ccc3c(c2)-c2cc4c(sc5ccccc54)c4c2B(c2cccc5c2N4c2cc4ccccc4cc2C5(C)C)N3c2ccc3c(c2)C(C)(C)CCC3(C)C)cc1. The molecule has 376 valence electrons. The van der Waals surface area contributed by atoms with E-state index in [1.165, 1.54) is 121 Å². The van der Waals surface area contributed by atoms with Gasteiger partial charge >= 0.3 is 6.85 Å². The van der Waals surface area contributed by atoms with E-state index in [0.717, 1.165) is 23.5 Å². The summed E-state index contributed by atoms with van der Waals surface area (Å²) in [4.78, 5) is 7.98. The number of rotatable bonds is 4. The van der Waals surface area contributed by atoms with E-state index in [1.807, 2.05) is 11.3 Å². The van der Waals surface area contributed by atoms with Gasteiger partial charge in [0.15, 0.2) is 0 Å². The number of nitrogens with zero attached hydrogens (tertiary/aromatic N) is 3. The molecule has 4 aliphatic rings. The fraction of sp³-hybridized carbons (Fsp3) is 0.268. The minimum Gasteiger partial charge on any atom is -0.376 e. The molecule has 9 aromatic carbocycles. The summed E-state index contributed by atoms with van der Waals surface area (Å²) in [5.41, 5.74) is 23.4. The monoisotopic (exact) mass is 1010 g/mol. The van der Waals surface area contributed by atoms with Crippen LogP contribution in [-0.4, -0.2) is 6.85 Å². The van der Waals surface area contributed by atoms with Gasteiger partial charge in [0.1, 0.15) is 0 Å². The number of benzene rings is 9. The van der Waals surface area contributed by atoms with Crippen LogP contribution < -0.4 is 25.5 Å². The maximum atomic E-state index is 2.76. The van der Waals surface area contributed by atoms with Gasteiger partial charge in [-0.25, -0.2) is 0 Å². The molecule has 0 spiro atoms. The molecule has 0 N–H and O–H groups in total. The van der Waals surface area contributed by atoms with Crippen molar-refractivity contribution in [3.8, 4) is 11.1 Å². The molecule has 0 saturated heterocycles. The molecule has 10 aromatic rings. The Bertz CT molecular complexity index is 4010. The third-order valence-corrected chi connectivity index (χ3v) is 19.6. The predicted molar refractivity (Wildman–Crippen MR) is 330 cm³/mol. The van der Waals surface area contributed by atoms with E-state index in [1.54, 1.807) is 0 Å². The smallest absolute Gasteiger partial charge is 0.333 e. The largest absolute Gasteiger partial charge is 0.376 e. The van der Waals surface area contributed by atoms with E-state index in [9.17, 15) is 0 Å². The molecule has 14 rings (SSSR count). The number of hydrogen-bond donors (Lipinski definition) is 0. The Morgan fingerprint density at radius 1 is 0.487 bits per heavy atom. The van der Waals surface area contributed by atoms with E-state index in [0.29, 0.717) is 0 Å². The zero-order chi connectivity index (χ0) is 52.6. The van der Waals surface area contributed by atoms with Crippen LogP contribution in [0.25, 0.3) is 42.1 Å². The van der Waals surface area contributed by atoms with Crippen LogP contribution in [0.1, 0.15) is 129 Å². The Hall–Kier alpha value is -7.08. The number of hydrogen-bond acceptors (Lipinski definition) is 4. The zero-order valence-electron chi connectivity index (χ0n) is 46.4. The Balaban J connectivity index is 1.11. The Morgan fingerprint density at radius 2 is 1.11 bits per heavy atom. The third-order valence-electron chi connectivity index (χ3n) is 18.4. The molecule has 0 unspecified atom stereocenters. The highest BCUT2D eigenvalue weighted by Crippen LogP contribution is 2.59. The van der Waals surface area contributed by atoms with Gasteiger partial charge < -0.3 is 14.6 Å². The Kier molecular flexibility index (Phi) is 9.97. The molecule has 1 aliphatic carbocycles. The Morgan fingerprint density at radius 3 is 1.78 bits per heavy atom. The van der Waals surface area contributed by atoms with Gasteiger partial charge in [-0.2, -0.15) is 0 Å². The fourth-order valence-corrected chi connectivity index (χ4v) is 15.1. The molecule has 3 aliphatic heterocycles. The highest BCUT2D eigenvalue weighted by Gasteiger charge is 2.51. The van der Waals surface area contributed by atoms with Crippen LogP contribution in [0, 0.1) is 0 Å². The standard InChI is InChI=1S/C71H68BN3S/c1-67(2,3)45-24-28-47(29-25-45)73(48-30-26-46(27-31-48)68(4,5)6)49-33-35-60-52(40-49)53-42-54-51-20-15-16-23-62(51)76-66(54)65-63(53)72(75(60)50-32-34-55-57(41-50)70(9,10)37-36-69(55,7)8)59-22-17-21-56-64(59)74(65)61-39-44-19-14-13-18-43(44)38-58(61)71(56,11)12/h13-35,38-42H,36-37H2,1-12H3. The van der Waals surface area contributed by atoms with Gasteiger partial charge in [0.25, 0.3) is 0 Å². The summed E-state index contributed by atoms with van der Waals surface area (Å²) in [6.45, 7) is 28.5. The van der Waals surface area contributed by atoms with Crippen molar-refractivity contribution >= 4 is 106 Å². The van der Waals surface area contributed by atoms with Gasteiger partial charge in [-0.1, -0.05) is 174 Å². The molecular formula is C71H68BN3S. The molecule has 5 heteroatoms. The van der Waals surface area contributed by atoms with E-state index >= 15 is 0 Å². The topological polar surface area (TPSA) is 9.72 Å². The second kappa shape index (κ2) is 16.0. The normalized spacial score (nSPS) is 16.6. The zero-order valence-corrected chi connectivity index (χ0v) is 47.2. The first-order chi connectivity index (χ1) is 36.2. The third kappa shape index (κ3) is 6.86. The van der Waals surface area contributed by atoms with Gasteiger partial charge in [-0.05, 0) is 174 Å². The van der Waals surface area contributed by atoms with E-state index in [2.05, 4.69) is 268 Å². The first kappa shape index (κ1) is 47.4. The summed E-state index contributed by atoms with van der Waals surface area (Å²) in [7, 11) is 0. The second-order valence-electron chi connectivity index (χ2n) is 26.5. The average Bonchev–Trinajstić information content (AvgIpc) is 3.89. The van der Waals surface area contributed by atoms with Gasteiger partial charge in [-0.15, -0.1) is 11.3 Å². The summed E-state index contributed by atoms with van der Waals surface area (Å²) < 4.78 is 2.66. The molecule has 0 bridgehead atoms. The lowest BCUT2D eigenvalue weighted by molar-refractivity contribution is 0.332. The molecule has 0 amide bonds. The molecular weight excluding hydrogens is 938 g/mol. The van der Waals surface area contributed by atoms with Crippen molar-refractivity contribution in [3.05, 3.63) is 203 Å². The average molecular weight is 1010 g/mol. The second-order valence-corrected chi connectivity index (χ2v) is 27.5. The van der Waals surface area contributed by atoms with Crippen molar-refractivity contribution in [2.45, 2.75) is 123 Å². The fourth-order valence-electron chi connectivity index (χ4n) is 13.9. The van der Waals surface area contributed by atoms with Crippen molar-refractivity contribution in [2.24, 2.45) is 0 Å². The van der Waals surface area contributed by atoms with Gasteiger partial charge in [0.05, 0.1) is 16.1 Å². The van der Waals surface area contributed by atoms with E-state index in [4.69, 9.17) is 0 Å². The highest BCUT2D eigenvalue weighted by atomic mass is 32.1. The quantitative estimate of drug-likeness (QED) is 0.163. The summed E-state index contributed by atoms with van der Waals surface area (Å²) >= 11 is 1.96. The maximum absolute atomic E-state index is 2.76. The summed E-state index contributed by atoms with van der Waals surface area (Å²) in [6, 6.07) is 66.5. The number of thiophene rings is 1. The predicted octanol–water partition coefficient (Wildman–Crippen LogP) is 19.0. The lowest BCUT2D eigenvalue weighted by Gasteiger charge is -2.51. The molecule has 76 heavy (non-hydrogen) atoms. The molecule has 3 nitrogen and oxygen atoms in total.